The zero-order chi connectivity index (χ0) is 20.0. The van der Waals surface area contributed by atoms with Gasteiger partial charge in [0.05, 0.1) is 12.7 Å². The first kappa shape index (κ1) is 20.2. The Kier molecular flexibility index (Phi) is 6.70. The molecule has 8 heteroatoms. The second kappa shape index (κ2) is 8.98. The van der Waals surface area contributed by atoms with Crippen molar-refractivity contribution in [3.05, 3.63) is 46.2 Å². The summed E-state index contributed by atoms with van der Waals surface area (Å²) < 4.78 is 9.69. The Hall–Kier alpha value is -3.16. The van der Waals surface area contributed by atoms with Crippen LogP contribution in [0, 0.1) is 5.92 Å². The minimum absolute atomic E-state index is 0.0637. The predicted octanol–water partition coefficient (Wildman–Crippen LogP) is 1.39. The predicted molar refractivity (Wildman–Crippen MR) is 98.3 cm³/mol. The lowest BCUT2D eigenvalue weighted by molar-refractivity contribution is -0.145. The summed E-state index contributed by atoms with van der Waals surface area (Å²) in [4.78, 5) is 50.5. The second-order valence-electron chi connectivity index (χ2n) is 6.44. The highest BCUT2D eigenvalue weighted by Gasteiger charge is 2.23. The fraction of sp³-hybridized carbons (Fsp3) is 0.368. The first-order valence-electron chi connectivity index (χ1n) is 8.48. The zero-order valence-electron chi connectivity index (χ0n) is 15.4. The van der Waals surface area contributed by atoms with Crippen LogP contribution in [0.15, 0.2) is 35.1 Å². The van der Waals surface area contributed by atoms with Gasteiger partial charge in [-0.2, -0.15) is 0 Å². The van der Waals surface area contributed by atoms with Gasteiger partial charge in [0.2, 0.25) is 5.56 Å². The van der Waals surface area contributed by atoms with E-state index in [9.17, 15) is 19.2 Å². The third-order valence-electron chi connectivity index (χ3n) is 3.83. The number of amides is 1. The molecule has 2 aromatic rings. The Morgan fingerprint density at radius 2 is 1.89 bits per heavy atom. The molecule has 0 saturated carbocycles. The number of hydrogen-bond acceptors (Lipinski definition) is 6. The highest BCUT2D eigenvalue weighted by Crippen LogP contribution is 2.15. The van der Waals surface area contributed by atoms with E-state index in [1.54, 1.807) is 24.3 Å². The number of hydrogen-bond donors (Lipinski definition) is 2. The van der Waals surface area contributed by atoms with E-state index in [0.717, 1.165) is 6.07 Å². The summed E-state index contributed by atoms with van der Waals surface area (Å²) >= 11 is 0. The van der Waals surface area contributed by atoms with Gasteiger partial charge in [-0.3, -0.25) is 9.59 Å². The van der Waals surface area contributed by atoms with Crippen LogP contribution in [0.4, 0.5) is 0 Å². The lowest BCUT2D eigenvalue weighted by Gasteiger charge is -2.18. The summed E-state index contributed by atoms with van der Waals surface area (Å²) in [6.07, 6.45) is 0.394. The molecule has 0 aliphatic heterocycles. The molecule has 27 heavy (non-hydrogen) atoms. The number of H-pyrrole nitrogens is 1. The lowest BCUT2D eigenvalue weighted by atomic mass is 10.0. The number of rotatable bonds is 7. The molecule has 2 N–H and O–H groups in total. The lowest BCUT2D eigenvalue weighted by Crippen LogP contribution is -2.44. The highest BCUT2D eigenvalue weighted by molar-refractivity contribution is 6.03. The van der Waals surface area contributed by atoms with E-state index in [-0.39, 0.29) is 11.5 Å². The van der Waals surface area contributed by atoms with Gasteiger partial charge in [-0.05, 0) is 18.4 Å². The number of aromatic amines is 1. The summed E-state index contributed by atoms with van der Waals surface area (Å²) in [5.41, 5.74) is 0.103. The third kappa shape index (κ3) is 5.40. The number of para-hydroxylation sites is 1. The van der Waals surface area contributed by atoms with Crippen LogP contribution in [0.5, 0.6) is 0 Å². The van der Waals surface area contributed by atoms with Crippen LogP contribution in [0.3, 0.4) is 0 Å². The van der Waals surface area contributed by atoms with Gasteiger partial charge in [-0.1, -0.05) is 32.0 Å². The van der Waals surface area contributed by atoms with Crippen molar-refractivity contribution in [1.82, 2.24) is 10.3 Å². The number of benzene rings is 1. The van der Waals surface area contributed by atoms with Crippen molar-refractivity contribution >= 4 is 28.7 Å². The van der Waals surface area contributed by atoms with Crippen molar-refractivity contribution in [3.8, 4) is 0 Å². The fourth-order valence-electron chi connectivity index (χ4n) is 2.65. The van der Waals surface area contributed by atoms with Gasteiger partial charge < -0.3 is 19.8 Å². The number of methoxy groups -OCH3 is 1. The Morgan fingerprint density at radius 3 is 2.56 bits per heavy atom. The molecule has 1 aromatic heterocycles. The van der Waals surface area contributed by atoms with Gasteiger partial charge in [-0.25, -0.2) is 9.59 Å². The highest BCUT2D eigenvalue weighted by atomic mass is 16.5. The Bertz CT molecular complexity index is 902. The average molecular weight is 374 g/mol. The number of ether oxygens (including phenoxy) is 2. The number of carbonyl (C=O) groups excluding carboxylic acids is 3. The van der Waals surface area contributed by atoms with Crippen molar-refractivity contribution in [2.75, 3.05) is 13.7 Å². The molecule has 0 radical (unpaired) electrons. The van der Waals surface area contributed by atoms with Gasteiger partial charge in [0.1, 0.15) is 6.04 Å². The van der Waals surface area contributed by atoms with Crippen LogP contribution < -0.4 is 10.9 Å². The first-order chi connectivity index (χ1) is 12.8. The molecule has 0 aliphatic rings. The molecule has 0 saturated heterocycles. The molecular weight excluding hydrogens is 352 g/mol. The second-order valence-corrected chi connectivity index (χ2v) is 6.44. The summed E-state index contributed by atoms with van der Waals surface area (Å²) in [5.74, 6) is -1.84. The van der Waals surface area contributed by atoms with Crippen LogP contribution in [0.2, 0.25) is 0 Å². The summed E-state index contributed by atoms with van der Waals surface area (Å²) in [7, 11) is 1.24. The molecule has 0 bridgehead atoms. The molecule has 1 heterocycles. The van der Waals surface area contributed by atoms with Crippen molar-refractivity contribution in [3.63, 3.8) is 0 Å². The van der Waals surface area contributed by atoms with Crippen LogP contribution in [0.25, 0.3) is 10.9 Å². The molecule has 0 aliphatic carbocycles. The summed E-state index contributed by atoms with van der Waals surface area (Å²) in [6.45, 7) is 3.23. The minimum Gasteiger partial charge on any atom is -0.467 e. The monoisotopic (exact) mass is 374 g/mol. The van der Waals surface area contributed by atoms with Crippen molar-refractivity contribution in [1.29, 1.82) is 0 Å². The molecule has 0 fully saturated rings. The van der Waals surface area contributed by atoms with E-state index in [0.29, 0.717) is 17.3 Å². The van der Waals surface area contributed by atoms with Gasteiger partial charge in [0, 0.05) is 17.0 Å². The Morgan fingerprint density at radius 1 is 1.19 bits per heavy atom. The standard InChI is InChI=1S/C19H22N2O6/c1-11(2)8-15(19(25)26-3)21-17(23)10-27-18(24)13-9-16(22)20-14-7-5-4-6-12(13)14/h4-7,9,11,15H,8,10H2,1-3H3,(H,20,22)(H,21,23)/t15-/m1/s1. The smallest absolute Gasteiger partial charge is 0.339 e. The van der Waals surface area contributed by atoms with Crippen molar-refractivity contribution in [2.24, 2.45) is 5.92 Å². The molecule has 1 aromatic carbocycles. The number of pyridine rings is 1. The van der Waals surface area contributed by atoms with Crippen LogP contribution in [0.1, 0.15) is 30.6 Å². The molecule has 8 nitrogen and oxygen atoms in total. The van der Waals surface area contributed by atoms with Gasteiger partial charge in [-0.15, -0.1) is 0 Å². The minimum atomic E-state index is -0.818. The zero-order valence-corrected chi connectivity index (χ0v) is 15.4. The maximum absolute atomic E-state index is 12.3. The molecule has 144 valence electrons. The normalized spacial score (nSPS) is 11.9. The summed E-state index contributed by atoms with van der Waals surface area (Å²) in [5, 5.41) is 3.00. The number of aromatic nitrogens is 1. The average Bonchev–Trinajstić information content (AvgIpc) is 2.63. The van der Waals surface area contributed by atoms with Gasteiger partial charge >= 0.3 is 11.9 Å². The number of carbonyl (C=O) groups is 3. The van der Waals surface area contributed by atoms with E-state index in [2.05, 4.69) is 15.0 Å². The third-order valence-corrected chi connectivity index (χ3v) is 3.83. The number of esters is 2. The van der Waals surface area contributed by atoms with E-state index < -0.39 is 36.1 Å². The molecule has 0 unspecified atom stereocenters. The van der Waals surface area contributed by atoms with Crippen molar-refractivity contribution in [2.45, 2.75) is 26.3 Å². The topological polar surface area (TPSA) is 115 Å². The summed E-state index contributed by atoms with van der Waals surface area (Å²) in [6, 6.07) is 7.07. The van der Waals surface area contributed by atoms with E-state index >= 15 is 0 Å². The molecule has 2 rings (SSSR count). The van der Waals surface area contributed by atoms with Crippen LogP contribution in [-0.2, 0) is 19.1 Å². The molecule has 0 spiro atoms. The molecular formula is C19H22N2O6. The van der Waals surface area contributed by atoms with Gasteiger partial charge in [0.15, 0.2) is 6.61 Å². The first-order valence-corrected chi connectivity index (χ1v) is 8.48. The fourth-order valence-corrected chi connectivity index (χ4v) is 2.65. The largest absolute Gasteiger partial charge is 0.467 e. The van der Waals surface area contributed by atoms with E-state index in [1.807, 2.05) is 13.8 Å². The Labute approximate surface area is 155 Å². The Balaban J connectivity index is 2.06. The van der Waals surface area contributed by atoms with Crippen LogP contribution in [-0.4, -0.2) is 42.6 Å². The van der Waals surface area contributed by atoms with Crippen LogP contribution >= 0.6 is 0 Å². The maximum Gasteiger partial charge on any atom is 0.339 e. The van der Waals surface area contributed by atoms with Gasteiger partial charge in [0.25, 0.3) is 5.91 Å². The number of fused-ring (bicyclic) bond motifs is 1. The SMILES string of the molecule is COC(=O)[C@@H](CC(C)C)NC(=O)COC(=O)c1cc(=O)[nH]c2ccccc12. The quantitative estimate of drug-likeness (QED) is 0.708. The molecule has 1 atom stereocenters. The van der Waals surface area contributed by atoms with E-state index in [1.165, 1.54) is 7.11 Å². The number of nitrogens with one attached hydrogen (secondary N) is 2. The van der Waals surface area contributed by atoms with E-state index in [4.69, 9.17) is 4.74 Å². The maximum atomic E-state index is 12.3. The van der Waals surface area contributed by atoms with Crippen molar-refractivity contribution < 1.29 is 23.9 Å². The molecule has 1 amide bonds.